The van der Waals surface area contributed by atoms with E-state index in [1.54, 1.807) is 0 Å². The van der Waals surface area contributed by atoms with Crippen LogP contribution in [0.4, 0.5) is 0 Å². The number of fused-ring (bicyclic) bond motifs is 1. The van der Waals surface area contributed by atoms with Crippen molar-refractivity contribution in [3.8, 4) is 0 Å². The average molecular weight is 330 g/mol. The minimum absolute atomic E-state index is 0.0878. The first-order valence-electron chi connectivity index (χ1n) is 8.95. The summed E-state index contributed by atoms with van der Waals surface area (Å²) in [6.07, 6.45) is 1.17. The lowest BCUT2D eigenvalue weighted by Gasteiger charge is -2.41. The molecular weight excluding hydrogens is 300 g/mol. The third kappa shape index (κ3) is 3.90. The molecule has 1 atom stereocenters. The molecule has 1 aromatic rings. The summed E-state index contributed by atoms with van der Waals surface area (Å²) in [4.78, 5) is 6.86. The molecule has 5 heteroatoms. The number of ether oxygens (including phenoxy) is 1. The van der Waals surface area contributed by atoms with E-state index in [9.17, 15) is 0 Å². The summed E-state index contributed by atoms with van der Waals surface area (Å²) in [7, 11) is 1.84. The van der Waals surface area contributed by atoms with Gasteiger partial charge < -0.3 is 15.4 Å². The van der Waals surface area contributed by atoms with Crippen molar-refractivity contribution in [2.75, 3.05) is 46.4 Å². The number of nitrogens with one attached hydrogen (secondary N) is 2. The molecule has 1 aromatic carbocycles. The second-order valence-corrected chi connectivity index (χ2v) is 7.32. The minimum atomic E-state index is 0.0878. The Hall–Kier alpha value is -1.59. The molecule has 5 nitrogen and oxygen atoms in total. The van der Waals surface area contributed by atoms with Crippen LogP contribution in [0.2, 0.25) is 0 Å². The maximum atomic E-state index is 5.46. The Morgan fingerprint density at radius 3 is 2.71 bits per heavy atom. The molecule has 1 unspecified atom stereocenters. The maximum absolute atomic E-state index is 5.46. The monoisotopic (exact) mass is 330 g/mol. The van der Waals surface area contributed by atoms with E-state index in [4.69, 9.17) is 4.74 Å². The van der Waals surface area contributed by atoms with E-state index < -0.39 is 0 Å². The Morgan fingerprint density at radius 1 is 1.25 bits per heavy atom. The fourth-order valence-electron chi connectivity index (χ4n) is 3.57. The van der Waals surface area contributed by atoms with Gasteiger partial charge in [0.1, 0.15) is 0 Å². The van der Waals surface area contributed by atoms with Gasteiger partial charge >= 0.3 is 0 Å². The molecule has 1 aliphatic carbocycles. The molecule has 1 heterocycles. The van der Waals surface area contributed by atoms with Gasteiger partial charge in [0, 0.05) is 44.7 Å². The Kier molecular flexibility index (Phi) is 5.41. The van der Waals surface area contributed by atoms with Crippen molar-refractivity contribution in [3.05, 3.63) is 35.4 Å². The van der Waals surface area contributed by atoms with Crippen LogP contribution >= 0.6 is 0 Å². The fourth-order valence-corrected chi connectivity index (χ4v) is 3.57. The maximum Gasteiger partial charge on any atom is 0.191 e. The van der Waals surface area contributed by atoms with Crippen molar-refractivity contribution in [1.82, 2.24) is 15.5 Å². The highest BCUT2D eigenvalue weighted by molar-refractivity contribution is 5.79. The van der Waals surface area contributed by atoms with E-state index in [2.05, 4.69) is 58.6 Å². The van der Waals surface area contributed by atoms with Gasteiger partial charge in [0.2, 0.25) is 0 Å². The van der Waals surface area contributed by atoms with Crippen LogP contribution in [0.15, 0.2) is 29.3 Å². The number of benzene rings is 1. The van der Waals surface area contributed by atoms with E-state index in [1.807, 2.05) is 7.05 Å². The fraction of sp³-hybridized carbons (Fsp3) is 0.632. The van der Waals surface area contributed by atoms with Crippen molar-refractivity contribution in [3.63, 3.8) is 0 Å². The molecule has 0 saturated carbocycles. The van der Waals surface area contributed by atoms with Crippen LogP contribution in [0.1, 0.15) is 30.9 Å². The average Bonchev–Trinajstić information content (AvgIpc) is 2.59. The molecule has 0 amide bonds. The van der Waals surface area contributed by atoms with Gasteiger partial charge in [0.15, 0.2) is 5.96 Å². The Morgan fingerprint density at radius 2 is 2.00 bits per heavy atom. The molecule has 2 N–H and O–H groups in total. The van der Waals surface area contributed by atoms with Crippen LogP contribution in [0.3, 0.4) is 0 Å². The molecule has 0 spiro atoms. The van der Waals surface area contributed by atoms with Gasteiger partial charge in [-0.05, 0) is 31.4 Å². The third-order valence-electron chi connectivity index (χ3n) is 5.26. The second-order valence-electron chi connectivity index (χ2n) is 7.32. The SMILES string of the molecule is CN=C(NCC1Cc2ccccc21)NCC(C)(C)N1CCOCC1. The van der Waals surface area contributed by atoms with Gasteiger partial charge in [0.25, 0.3) is 0 Å². The lowest BCUT2D eigenvalue weighted by atomic mass is 9.78. The van der Waals surface area contributed by atoms with E-state index in [1.165, 1.54) is 17.5 Å². The number of nitrogens with zero attached hydrogens (tertiary/aromatic N) is 2. The summed E-state index contributed by atoms with van der Waals surface area (Å²) in [6.45, 7) is 10.0. The number of hydrogen-bond donors (Lipinski definition) is 2. The summed E-state index contributed by atoms with van der Waals surface area (Å²) < 4.78 is 5.46. The first-order chi connectivity index (χ1) is 11.6. The van der Waals surface area contributed by atoms with Crippen LogP contribution in [-0.4, -0.2) is 62.8 Å². The quantitative estimate of drug-likeness (QED) is 0.636. The van der Waals surface area contributed by atoms with Crippen molar-refractivity contribution in [2.45, 2.75) is 31.7 Å². The zero-order chi connectivity index (χ0) is 17.0. The zero-order valence-electron chi connectivity index (χ0n) is 15.1. The van der Waals surface area contributed by atoms with Gasteiger partial charge in [0.05, 0.1) is 13.2 Å². The highest BCUT2D eigenvalue weighted by atomic mass is 16.5. The van der Waals surface area contributed by atoms with Crippen LogP contribution in [0, 0.1) is 0 Å². The number of rotatable bonds is 5. The van der Waals surface area contributed by atoms with Crippen molar-refractivity contribution in [2.24, 2.45) is 4.99 Å². The predicted molar refractivity (Wildman–Crippen MR) is 98.7 cm³/mol. The first-order valence-corrected chi connectivity index (χ1v) is 8.95. The van der Waals surface area contributed by atoms with E-state index >= 15 is 0 Å². The Bertz CT molecular complexity index is 578. The first kappa shape index (κ1) is 17.2. The molecule has 1 saturated heterocycles. The zero-order valence-corrected chi connectivity index (χ0v) is 15.1. The van der Waals surface area contributed by atoms with Gasteiger partial charge in [-0.25, -0.2) is 0 Å². The predicted octanol–water partition coefficient (Wildman–Crippen LogP) is 1.60. The number of hydrogen-bond acceptors (Lipinski definition) is 3. The third-order valence-corrected chi connectivity index (χ3v) is 5.26. The van der Waals surface area contributed by atoms with Crippen molar-refractivity contribution in [1.29, 1.82) is 0 Å². The summed E-state index contributed by atoms with van der Waals surface area (Å²) >= 11 is 0. The second kappa shape index (κ2) is 7.53. The van der Waals surface area contributed by atoms with Crippen LogP contribution in [0.5, 0.6) is 0 Å². The van der Waals surface area contributed by atoms with Crippen LogP contribution in [0.25, 0.3) is 0 Å². The summed E-state index contributed by atoms with van der Waals surface area (Å²) in [6, 6.07) is 8.71. The molecule has 24 heavy (non-hydrogen) atoms. The van der Waals surface area contributed by atoms with Gasteiger partial charge in [-0.15, -0.1) is 0 Å². The number of guanidine groups is 1. The molecule has 1 fully saturated rings. The highest BCUT2D eigenvalue weighted by Gasteiger charge is 2.29. The molecule has 1 aliphatic heterocycles. The standard InChI is InChI=1S/C19H30N4O/c1-19(2,23-8-10-24-11-9-23)14-22-18(20-3)21-13-16-12-15-6-4-5-7-17(15)16/h4-7,16H,8-14H2,1-3H3,(H2,20,21,22). The van der Waals surface area contributed by atoms with E-state index in [0.717, 1.165) is 45.4 Å². The molecule has 0 bridgehead atoms. The molecule has 0 radical (unpaired) electrons. The van der Waals surface area contributed by atoms with Crippen molar-refractivity contribution < 1.29 is 4.74 Å². The van der Waals surface area contributed by atoms with Crippen molar-refractivity contribution >= 4 is 5.96 Å². The summed E-state index contributed by atoms with van der Waals surface area (Å²) in [5.41, 5.74) is 3.06. The summed E-state index contributed by atoms with van der Waals surface area (Å²) in [5, 5.41) is 6.97. The molecular formula is C19H30N4O. The lowest BCUT2D eigenvalue weighted by molar-refractivity contribution is -0.00834. The molecule has 3 rings (SSSR count). The van der Waals surface area contributed by atoms with E-state index in [-0.39, 0.29) is 5.54 Å². The number of aliphatic imine (C=N–C) groups is 1. The van der Waals surface area contributed by atoms with E-state index in [0.29, 0.717) is 5.92 Å². The van der Waals surface area contributed by atoms with Gasteiger partial charge in [-0.2, -0.15) is 0 Å². The number of morpholine rings is 1. The Balaban J connectivity index is 1.45. The van der Waals surface area contributed by atoms with Gasteiger partial charge in [-0.1, -0.05) is 24.3 Å². The molecule has 2 aliphatic rings. The van der Waals surface area contributed by atoms with Gasteiger partial charge in [-0.3, -0.25) is 9.89 Å². The molecule has 0 aromatic heterocycles. The van der Waals surface area contributed by atoms with Crippen LogP contribution in [-0.2, 0) is 11.2 Å². The topological polar surface area (TPSA) is 48.9 Å². The molecule has 132 valence electrons. The minimum Gasteiger partial charge on any atom is -0.379 e. The Labute approximate surface area is 145 Å². The van der Waals surface area contributed by atoms with Crippen LogP contribution < -0.4 is 10.6 Å². The summed E-state index contributed by atoms with van der Waals surface area (Å²) in [5.74, 6) is 1.49. The normalized spacial score (nSPS) is 21.8. The highest BCUT2D eigenvalue weighted by Crippen LogP contribution is 2.33. The lowest BCUT2D eigenvalue weighted by Crippen LogP contribution is -2.56. The smallest absolute Gasteiger partial charge is 0.191 e. The largest absolute Gasteiger partial charge is 0.379 e.